The zero-order valence-electron chi connectivity index (χ0n) is 14.8. The Morgan fingerprint density at radius 2 is 1.96 bits per heavy atom. The van der Waals surface area contributed by atoms with Crippen LogP contribution in [0.1, 0.15) is 32.7 Å². The predicted octanol–water partition coefficient (Wildman–Crippen LogP) is 3.30. The molecule has 4 rings (SSSR count). The van der Waals surface area contributed by atoms with Crippen LogP contribution in [0.25, 0.3) is 20.7 Å². The van der Waals surface area contributed by atoms with Gasteiger partial charge in [-0.2, -0.15) is 0 Å². The number of benzene rings is 1. The van der Waals surface area contributed by atoms with Crippen molar-refractivity contribution >= 4 is 39.1 Å². The number of nitrogens with one attached hydrogen (secondary N) is 2. The monoisotopic (exact) mass is 403 g/mol. The summed E-state index contributed by atoms with van der Waals surface area (Å²) in [6, 6.07) is 8.66. The van der Waals surface area contributed by atoms with E-state index < -0.39 is 17.3 Å². The average Bonchev–Trinajstić information content (AvgIpc) is 2.97. The Bertz CT molecular complexity index is 1170. The molecule has 1 fully saturated rings. The Kier molecular flexibility index (Phi) is 4.24. The van der Waals surface area contributed by atoms with Gasteiger partial charge in [-0.25, -0.2) is 4.79 Å². The van der Waals surface area contributed by atoms with Crippen molar-refractivity contribution in [3.05, 3.63) is 56.2 Å². The number of hydrogen-bond donors (Lipinski definition) is 2. The number of amides is 1. The van der Waals surface area contributed by atoms with Gasteiger partial charge < -0.3 is 10.3 Å². The highest BCUT2D eigenvalue weighted by Gasteiger charge is 2.34. The molecule has 2 aromatic heterocycles. The summed E-state index contributed by atoms with van der Waals surface area (Å²) in [5, 5.41) is 3.47. The van der Waals surface area contributed by atoms with Gasteiger partial charge in [0.25, 0.3) is 5.56 Å². The number of aromatic nitrogens is 2. The van der Waals surface area contributed by atoms with Gasteiger partial charge in [-0.05, 0) is 32.4 Å². The number of fused-ring (bicyclic) bond motifs is 1. The summed E-state index contributed by atoms with van der Waals surface area (Å²) < 4.78 is 1.64. The van der Waals surface area contributed by atoms with Gasteiger partial charge in [-0.1, -0.05) is 29.8 Å². The van der Waals surface area contributed by atoms with Gasteiger partial charge in [0.2, 0.25) is 5.91 Å². The molecule has 27 heavy (non-hydrogen) atoms. The molecule has 0 radical (unpaired) electrons. The lowest BCUT2D eigenvalue weighted by atomic mass is 9.89. The van der Waals surface area contributed by atoms with Crippen LogP contribution in [-0.4, -0.2) is 21.0 Å². The van der Waals surface area contributed by atoms with E-state index in [9.17, 15) is 14.4 Å². The first-order valence-corrected chi connectivity index (χ1v) is 9.79. The second kappa shape index (κ2) is 6.35. The minimum Gasteiger partial charge on any atom is -0.351 e. The van der Waals surface area contributed by atoms with Crippen molar-refractivity contribution < 1.29 is 4.79 Å². The summed E-state index contributed by atoms with van der Waals surface area (Å²) in [6.07, 6.45) is 0.622. The number of nitrogens with zero attached hydrogens (tertiary/aromatic N) is 1. The van der Waals surface area contributed by atoms with E-state index in [1.807, 2.05) is 32.0 Å². The number of piperidine rings is 1. The third kappa shape index (κ3) is 3.21. The number of halogens is 1. The van der Waals surface area contributed by atoms with Crippen LogP contribution in [0.2, 0.25) is 5.02 Å². The summed E-state index contributed by atoms with van der Waals surface area (Å²) in [7, 11) is 0. The van der Waals surface area contributed by atoms with Crippen molar-refractivity contribution in [3.63, 3.8) is 0 Å². The summed E-state index contributed by atoms with van der Waals surface area (Å²) >= 11 is 7.56. The van der Waals surface area contributed by atoms with E-state index in [1.165, 1.54) is 15.9 Å². The fourth-order valence-electron chi connectivity index (χ4n) is 3.68. The molecule has 3 heterocycles. The third-order valence-electron chi connectivity index (χ3n) is 4.75. The lowest BCUT2D eigenvalue weighted by Crippen LogP contribution is -2.53. The van der Waals surface area contributed by atoms with Gasteiger partial charge in [0.05, 0.1) is 11.6 Å². The van der Waals surface area contributed by atoms with E-state index >= 15 is 0 Å². The van der Waals surface area contributed by atoms with E-state index in [0.29, 0.717) is 21.7 Å². The topological polar surface area (TPSA) is 84.0 Å². The molecule has 2 N–H and O–H groups in total. The fourth-order valence-corrected chi connectivity index (χ4v) is 5.07. The zero-order valence-corrected chi connectivity index (χ0v) is 16.4. The Morgan fingerprint density at radius 1 is 1.22 bits per heavy atom. The lowest BCUT2D eigenvalue weighted by molar-refractivity contribution is -0.126. The normalized spacial score (nSPS) is 19.2. The molecule has 1 saturated heterocycles. The second-order valence-corrected chi connectivity index (χ2v) is 8.89. The van der Waals surface area contributed by atoms with Gasteiger partial charge >= 0.3 is 5.69 Å². The molecule has 3 aromatic rings. The minimum absolute atomic E-state index is 0.112. The lowest BCUT2D eigenvalue weighted by Gasteiger charge is -2.36. The molecule has 140 valence electrons. The molecule has 1 amide bonds. The molecule has 0 aliphatic carbocycles. The van der Waals surface area contributed by atoms with Crippen LogP contribution in [0.3, 0.4) is 0 Å². The van der Waals surface area contributed by atoms with Crippen LogP contribution in [-0.2, 0) is 4.79 Å². The molecule has 1 atom stereocenters. The van der Waals surface area contributed by atoms with Crippen LogP contribution in [0.15, 0.2) is 39.9 Å². The van der Waals surface area contributed by atoms with Crippen LogP contribution >= 0.6 is 22.9 Å². The Hall–Kier alpha value is -2.38. The molecule has 0 saturated carbocycles. The quantitative estimate of drug-likeness (QED) is 0.688. The first-order valence-electron chi connectivity index (χ1n) is 8.59. The molecule has 6 nitrogen and oxygen atoms in total. The number of carbonyl (C=O) groups excluding carboxylic acids is 1. The van der Waals surface area contributed by atoms with Gasteiger partial charge in [-0.15, -0.1) is 11.3 Å². The molecule has 1 unspecified atom stereocenters. The second-order valence-electron chi connectivity index (χ2n) is 7.43. The highest BCUT2D eigenvalue weighted by molar-refractivity contribution is 7.22. The van der Waals surface area contributed by atoms with E-state index in [-0.39, 0.29) is 17.9 Å². The molecule has 0 spiro atoms. The first-order chi connectivity index (χ1) is 12.7. The third-order valence-corrected chi connectivity index (χ3v) is 6.24. The van der Waals surface area contributed by atoms with Crippen LogP contribution in [0.5, 0.6) is 0 Å². The predicted molar refractivity (Wildman–Crippen MR) is 108 cm³/mol. The zero-order chi connectivity index (χ0) is 19.3. The highest BCUT2D eigenvalue weighted by Crippen LogP contribution is 2.35. The number of hydrogen-bond acceptors (Lipinski definition) is 4. The fraction of sp³-hybridized carbons (Fsp3) is 0.316. The van der Waals surface area contributed by atoms with Gasteiger partial charge in [0, 0.05) is 27.4 Å². The van der Waals surface area contributed by atoms with Crippen molar-refractivity contribution in [2.75, 3.05) is 0 Å². The highest BCUT2D eigenvalue weighted by atomic mass is 35.5. The van der Waals surface area contributed by atoms with E-state index in [0.717, 1.165) is 10.4 Å². The first kappa shape index (κ1) is 18.0. The number of thiophene rings is 1. The Labute approximate surface area is 163 Å². The molecular formula is C19H18ClN3O3S. The average molecular weight is 404 g/mol. The summed E-state index contributed by atoms with van der Waals surface area (Å²) in [5.41, 5.74) is -0.0379. The molecule has 1 aliphatic heterocycles. The molecule has 1 aliphatic rings. The number of rotatable bonds is 2. The van der Waals surface area contributed by atoms with E-state index in [4.69, 9.17) is 11.6 Å². The van der Waals surface area contributed by atoms with Crippen LogP contribution < -0.4 is 16.6 Å². The van der Waals surface area contributed by atoms with E-state index in [2.05, 4.69) is 10.3 Å². The maximum atomic E-state index is 13.1. The minimum atomic E-state index is -0.494. The molecule has 1 aromatic carbocycles. The SMILES string of the molecule is CC1(C)CC(n2c(=O)[nH]c3cc(-c4ccccc4Cl)sc3c2=O)CC(=O)N1. The standard InChI is InChI=1S/C19H18ClN3O3S/c1-19(2)9-10(7-15(24)22-19)23-17(25)16-13(21-18(23)26)8-14(27-16)11-5-3-4-6-12(11)20/h3-6,8,10H,7,9H2,1-2H3,(H,21,26)(H,22,24). The number of carbonyl (C=O) groups is 1. The Morgan fingerprint density at radius 3 is 2.67 bits per heavy atom. The van der Waals surface area contributed by atoms with Crippen molar-refractivity contribution in [2.45, 2.75) is 38.3 Å². The Balaban J connectivity index is 1.87. The van der Waals surface area contributed by atoms with E-state index in [1.54, 1.807) is 12.1 Å². The van der Waals surface area contributed by atoms with Gasteiger partial charge in [0.15, 0.2) is 0 Å². The van der Waals surface area contributed by atoms with Gasteiger partial charge in [0.1, 0.15) is 4.70 Å². The molecule has 0 bridgehead atoms. The van der Waals surface area contributed by atoms with Crippen molar-refractivity contribution in [2.24, 2.45) is 0 Å². The van der Waals surface area contributed by atoms with Crippen LogP contribution in [0, 0.1) is 0 Å². The molecule has 8 heteroatoms. The number of aromatic amines is 1. The van der Waals surface area contributed by atoms with Crippen molar-refractivity contribution in [1.82, 2.24) is 14.9 Å². The largest absolute Gasteiger partial charge is 0.351 e. The number of H-pyrrole nitrogens is 1. The smallest absolute Gasteiger partial charge is 0.329 e. The van der Waals surface area contributed by atoms with Crippen LogP contribution in [0.4, 0.5) is 0 Å². The maximum Gasteiger partial charge on any atom is 0.329 e. The summed E-state index contributed by atoms with van der Waals surface area (Å²) in [6.45, 7) is 3.77. The maximum absolute atomic E-state index is 13.1. The summed E-state index contributed by atoms with van der Waals surface area (Å²) in [5.74, 6) is -0.161. The van der Waals surface area contributed by atoms with Gasteiger partial charge in [-0.3, -0.25) is 14.2 Å². The van der Waals surface area contributed by atoms with Crippen molar-refractivity contribution in [1.29, 1.82) is 0 Å². The summed E-state index contributed by atoms with van der Waals surface area (Å²) in [4.78, 5) is 41.3. The van der Waals surface area contributed by atoms with Crippen molar-refractivity contribution in [3.8, 4) is 10.4 Å². The molecular weight excluding hydrogens is 386 g/mol.